The van der Waals surface area contributed by atoms with Gasteiger partial charge in [-0.1, -0.05) is 0 Å². The SMILES string of the molecule is CCn1cc(Br)cc1C(=O)N(CCOC)CCC(=O)OC. The molecule has 7 heteroatoms. The molecule has 0 N–H and O–H groups in total. The van der Waals surface area contributed by atoms with Gasteiger partial charge < -0.3 is 18.9 Å². The van der Waals surface area contributed by atoms with Crippen molar-refractivity contribution in [3.8, 4) is 0 Å². The van der Waals surface area contributed by atoms with Crippen LogP contribution < -0.4 is 0 Å². The fraction of sp³-hybridized carbons (Fsp3) is 0.571. The van der Waals surface area contributed by atoms with Gasteiger partial charge in [0.25, 0.3) is 5.91 Å². The van der Waals surface area contributed by atoms with Crippen molar-refractivity contribution in [2.45, 2.75) is 19.9 Å². The van der Waals surface area contributed by atoms with Gasteiger partial charge in [-0.05, 0) is 28.9 Å². The molecule has 0 unspecified atom stereocenters. The Kier molecular flexibility index (Phi) is 7.45. The molecule has 0 saturated heterocycles. The van der Waals surface area contributed by atoms with Crippen LogP contribution >= 0.6 is 15.9 Å². The highest BCUT2D eigenvalue weighted by atomic mass is 79.9. The second-order valence-electron chi connectivity index (χ2n) is 4.44. The second kappa shape index (κ2) is 8.84. The lowest BCUT2D eigenvalue weighted by Crippen LogP contribution is -2.36. The fourth-order valence-corrected chi connectivity index (χ4v) is 2.39. The van der Waals surface area contributed by atoms with Crippen LogP contribution in [-0.4, -0.2) is 55.3 Å². The number of hydrogen-bond acceptors (Lipinski definition) is 4. The first-order valence-corrected chi connectivity index (χ1v) is 7.53. The lowest BCUT2D eigenvalue weighted by Gasteiger charge is -2.22. The van der Waals surface area contributed by atoms with Crippen LogP contribution in [0.2, 0.25) is 0 Å². The van der Waals surface area contributed by atoms with Gasteiger partial charge in [-0.2, -0.15) is 0 Å². The normalized spacial score (nSPS) is 10.5. The van der Waals surface area contributed by atoms with Gasteiger partial charge in [-0.25, -0.2) is 0 Å². The fourth-order valence-electron chi connectivity index (χ4n) is 1.92. The summed E-state index contributed by atoms with van der Waals surface area (Å²) in [6.07, 6.45) is 2.03. The highest BCUT2D eigenvalue weighted by Crippen LogP contribution is 2.17. The lowest BCUT2D eigenvalue weighted by atomic mass is 10.3. The van der Waals surface area contributed by atoms with Crippen molar-refractivity contribution < 1.29 is 19.1 Å². The third-order valence-electron chi connectivity index (χ3n) is 3.09. The average Bonchev–Trinajstić information content (AvgIpc) is 2.87. The van der Waals surface area contributed by atoms with Crippen LogP contribution in [0.15, 0.2) is 16.7 Å². The molecule has 0 radical (unpaired) electrons. The molecule has 1 rings (SSSR count). The number of carbonyl (C=O) groups is 2. The molecule has 1 heterocycles. The third-order valence-corrected chi connectivity index (χ3v) is 3.52. The first-order chi connectivity index (χ1) is 10.0. The zero-order chi connectivity index (χ0) is 15.8. The number of amides is 1. The minimum Gasteiger partial charge on any atom is -0.469 e. The molecule has 0 saturated carbocycles. The van der Waals surface area contributed by atoms with Gasteiger partial charge in [0.05, 0.1) is 20.1 Å². The topological polar surface area (TPSA) is 60.8 Å². The summed E-state index contributed by atoms with van der Waals surface area (Å²) in [6.45, 7) is 3.82. The van der Waals surface area contributed by atoms with E-state index in [-0.39, 0.29) is 18.3 Å². The number of rotatable bonds is 8. The summed E-state index contributed by atoms with van der Waals surface area (Å²) in [4.78, 5) is 25.5. The van der Waals surface area contributed by atoms with E-state index >= 15 is 0 Å². The minimum atomic E-state index is -0.336. The molecule has 1 aromatic heterocycles. The molecule has 0 aromatic carbocycles. The predicted octanol–water partition coefficient (Wildman–Crippen LogP) is 1.92. The first-order valence-electron chi connectivity index (χ1n) is 6.74. The Labute approximate surface area is 133 Å². The Morgan fingerprint density at radius 2 is 2.05 bits per heavy atom. The van der Waals surface area contributed by atoms with Crippen molar-refractivity contribution in [1.29, 1.82) is 0 Å². The predicted molar refractivity (Wildman–Crippen MR) is 82.2 cm³/mol. The largest absolute Gasteiger partial charge is 0.469 e. The summed E-state index contributed by atoms with van der Waals surface area (Å²) in [6, 6.07) is 1.78. The molecule has 0 fully saturated rings. The van der Waals surface area contributed by atoms with E-state index in [1.165, 1.54) is 7.11 Å². The van der Waals surface area contributed by atoms with E-state index in [0.29, 0.717) is 31.9 Å². The van der Waals surface area contributed by atoms with Crippen LogP contribution in [0.4, 0.5) is 0 Å². The van der Waals surface area contributed by atoms with Crippen molar-refractivity contribution in [1.82, 2.24) is 9.47 Å². The minimum absolute atomic E-state index is 0.122. The molecule has 0 bridgehead atoms. The van der Waals surface area contributed by atoms with E-state index in [2.05, 4.69) is 20.7 Å². The average molecular weight is 361 g/mol. The van der Waals surface area contributed by atoms with Crippen LogP contribution in [0.1, 0.15) is 23.8 Å². The maximum Gasteiger partial charge on any atom is 0.307 e. The van der Waals surface area contributed by atoms with E-state index in [1.54, 1.807) is 18.1 Å². The standard InChI is InChI=1S/C14H21BrN2O4/c1-4-16-10-11(15)9-12(16)14(19)17(7-8-20-2)6-5-13(18)21-3/h9-10H,4-8H2,1-3H3. The zero-order valence-electron chi connectivity index (χ0n) is 12.6. The summed E-state index contributed by atoms with van der Waals surface area (Å²) in [5, 5.41) is 0. The van der Waals surface area contributed by atoms with E-state index in [0.717, 1.165) is 4.47 Å². The van der Waals surface area contributed by atoms with Gasteiger partial charge in [-0.15, -0.1) is 0 Å². The molecule has 0 spiro atoms. The Hall–Kier alpha value is -1.34. The Morgan fingerprint density at radius 1 is 1.33 bits per heavy atom. The van der Waals surface area contributed by atoms with Crippen molar-refractivity contribution in [2.75, 3.05) is 33.9 Å². The summed E-state index contributed by atoms with van der Waals surface area (Å²) >= 11 is 3.38. The van der Waals surface area contributed by atoms with Gasteiger partial charge in [-0.3, -0.25) is 9.59 Å². The summed E-state index contributed by atoms with van der Waals surface area (Å²) in [7, 11) is 2.91. The van der Waals surface area contributed by atoms with E-state index in [1.807, 2.05) is 17.7 Å². The molecular weight excluding hydrogens is 340 g/mol. The van der Waals surface area contributed by atoms with Crippen LogP contribution in [0.3, 0.4) is 0 Å². The number of carbonyl (C=O) groups excluding carboxylic acids is 2. The maximum atomic E-state index is 12.6. The number of nitrogens with zero attached hydrogens (tertiary/aromatic N) is 2. The monoisotopic (exact) mass is 360 g/mol. The molecule has 21 heavy (non-hydrogen) atoms. The van der Waals surface area contributed by atoms with Crippen LogP contribution in [0.25, 0.3) is 0 Å². The zero-order valence-corrected chi connectivity index (χ0v) is 14.2. The molecule has 0 aliphatic heterocycles. The van der Waals surface area contributed by atoms with Crippen molar-refractivity contribution in [3.63, 3.8) is 0 Å². The molecule has 0 aliphatic rings. The Balaban J connectivity index is 2.84. The number of ether oxygens (including phenoxy) is 2. The molecule has 118 valence electrons. The van der Waals surface area contributed by atoms with Crippen molar-refractivity contribution in [3.05, 3.63) is 22.4 Å². The number of aromatic nitrogens is 1. The number of esters is 1. The Bertz CT molecular complexity index is 487. The van der Waals surface area contributed by atoms with E-state index in [9.17, 15) is 9.59 Å². The van der Waals surface area contributed by atoms with E-state index < -0.39 is 0 Å². The third kappa shape index (κ3) is 5.17. The van der Waals surface area contributed by atoms with Gasteiger partial charge in [0.1, 0.15) is 5.69 Å². The van der Waals surface area contributed by atoms with Gasteiger partial charge in [0.15, 0.2) is 0 Å². The molecule has 6 nitrogen and oxygen atoms in total. The molecule has 0 atom stereocenters. The van der Waals surface area contributed by atoms with Crippen molar-refractivity contribution >= 4 is 27.8 Å². The highest BCUT2D eigenvalue weighted by molar-refractivity contribution is 9.10. The van der Waals surface area contributed by atoms with Gasteiger partial charge >= 0.3 is 5.97 Å². The van der Waals surface area contributed by atoms with Crippen LogP contribution in [0.5, 0.6) is 0 Å². The summed E-state index contributed by atoms with van der Waals surface area (Å²) in [5.41, 5.74) is 0.588. The van der Waals surface area contributed by atoms with Crippen LogP contribution in [0, 0.1) is 0 Å². The smallest absolute Gasteiger partial charge is 0.307 e. The maximum absolute atomic E-state index is 12.6. The number of hydrogen-bond donors (Lipinski definition) is 0. The highest BCUT2D eigenvalue weighted by Gasteiger charge is 2.20. The number of methoxy groups -OCH3 is 2. The summed E-state index contributed by atoms with van der Waals surface area (Å²) < 4.78 is 12.4. The first kappa shape index (κ1) is 17.7. The van der Waals surface area contributed by atoms with Gasteiger partial charge in [0.2, 0.25) is 0 Å². The van der Waals surface area contributed by atoms with Crippen molar-refractivity contribution in [2.24, 2.45) is 0 Å². The molecular formula is C14H21BrN2O4. The van der Waals surface area contributed by atoms with Crippen LogP contribution in [-0.2, 0) is 20.8 Å². The number of halogens is 1. The second-order valence-corrected chi connectivity index (χ2v) is 5.36. The molecule has 0 aliphatic carbocycles. The van der Waals surface area contributed by atoms with E-state index in [4.69, 9.17) is 4.74 Å². The molecule has 1 aromatic rings. The number of aryl methyl sites for hydroxylation is 1. The summed E-state index contributed by atoms with van der Waals surface area (Å²) in [5.74, 6) is -0.458. The molecule has 1 amide bonds. The quantitative estimate of drug-likeness (QED) is 0.664. The lowest BCUT2D eigenvalue weighted by molar-refractivity contribution is -0.140. The Morgan fingerprint density at radius 3 is 2.62 bits per heavy atom. The van der Waals surface area contributed by atoms with Gasteiger partial charge in [0, 0.05) is 37.4 Å².